The molecule has 0 amide bonds. The zero-order chi connectivity index (χ0) is 5.15. The van der Waals surface area contributed by atoms with E-state index in [2.05, 4.69) is 6.58 Å². The van der Waals surface area contributed by atoms with Gasteiger partial charge in [-0.05, 0) is 0 Å². The fourth-order valence-corrected chi connectivity index (χ4v) is 0. The second-order valence-electron chi connectivity index (χ2n) is 1.07. The molecule has 1 nitrogen and oxygen atoms in total. The van der Waals surface area contributed by atoms with Gasteiger partial charge in [-0.15, -0.1) is 0 Å². The molecule has 0 unspecified atom stereocenters. The van der Waals surface area contributed by atoms with Gasteiger partial charge in [0.2, 0.25) is 0 Å². The number of rotatable bonds is 1. The third-order valence-electron chi connectivity index (χ3n) is 0.348. The van der Waals surface area contributed by atoms with Crippen molar-refractivity contribution in [2.75, 3.05) is 0 Å². The monoisotopic (exact) mass is 199 g/mol. The van der Waals surface area contributed by atoms with E-state index in [1.807, 2.05) is 0 Å². The molecule has 0 aromatic carbocycles. The van der Waals surface area contributed by atoms with Gasteiger partial charge in [0.05, 0.1) is 0 Å². The molecule has 0 fully saturated rings. The maximum atomic E-state index is 10.0. The van der Waals surface area contributed by atoms with Crippen LogP contribution in [0, 0.1) is 0 Å². The Kier molecular flexibility index (Phi) is 2.47. The van der Waals surface area contributed by atoms with E-state index in [0.717, 1.165) is 0 Å². The minimum atomic E-state index is 0.0748. The van der Waals surface area contributed by atoms with Crippen molar-refractivity contribution >= 4 is 26.1 Å². The molecule has 0 aliphatic rings. The maximum absolute atomic E-state index is 10.0. The summed E-state index contributed by atoms with van der Waals surface area (Å²) in [6.45, 7) is 5.11. The van der Waals surface area contributed by atoms with E-state index in [-0.39, 0.29) is 3.83 Å². The Morgan fingerprint density at radius 2 is 2.00 bits per heavy atom. The molecule has 1 radical (unpaired) electrons. The van der Waals surface area contributed by atoms with Gasteiger partial charge in [-0.25, -0.2) is 0 Å². The molecule has 0 spiro atoms. The fourth-order valence-electron chi connectivity index (χ4n) is 0. The Balaban J connectivity index is 3.57. The van der Waals surface area contributed by atoms with Crippen LogP contribution in [0.25, 0.3) is 0 Å². The van der Waals surface area contributed by atoms with Crippen LogP contribution < -0.4 is 0 Å². The van der Waals surface area contributed by atoms with Crippen LogP contribution in [0.2, 0.25) is 0 Å². The SMILES string of the molecule is C=C(C)C(=O)[Te]. The zero-order valence-corrected chi connectivity index (χ0v) is 5.85. The molecule has 0 saturated heterocycles. The van der Waals surface area contributed by atoms with Crippen molar-refractivity contribution in [3.8, 4) is 0 Å². The fraction of sp³-hybridized carbons (Fsp3) is 0.250. The normalized spacial score (nSPS) is 7.50. The molecular formula is C4H5OTe. The van der Waals surface area contributed by atoms with Gasteiger partial charge in [-0.1, -0.05) is 0 Å². The van der Waals surface area contributed by atoms with E-state index in [9.17, 15) is 4.79 Å². The Morgan fingerprint density at radius 1 is 1.83 bits per heavy atom. The van der Waals surface area contributed by atoms with Gasteiger partial charge >= 0.3 is 50.0 Å². The molecule has 0 bridgehead atoms. The van der Waals surface area contributed by atoms with Crippen molar-refractivity contribution in [2.45, 2.75) is 6.92 Å². The predicted octanol–water partition coefficient (Wildman–Crippen LogP) is 0.258. The summed E-state index contributed by atoms with van der Waals surface area (Å²) in [6.07, 6.45) is 0. The van der Waals surface area contributed by atoms with Gasteiger partial charge in [0, 0.05) is 0 Å². The first-order valence-corrected chi connectivity index (χ1v) is 2.68. The molecule has 0 aliphatic carbocycles. The summed E-state index contributed by atoms with van der Waals surface area (Å²) in [5, 5.41) is 0. The van der Waals surface area contributed by atoms with Crippen LogP contribution >= 0.6 is 0 Å². The summed E-state index contributed by atoms with van der Waals surface area (Å²) >= 11 is 1.44. The van der Waals surface area contributed by atoms with E-state index in [1.165, 1.54) is 22.3 Å². The van der Waals surface area contributed by atoms with Crippen molar-refractivity contribution in [3.05, 3.63) is 12.2 Å². The van der Waals surface area contributed by atoms with Crippen LogP contribution in [0.3, 0.4) is 0 Å². The van der Waals surface area contributed by atoms with Gasteiger partial charge in [0.1, 0.15) is 0 Å². The third kappa shape index (κ3) is 2.44. The van der Waals surface area contributed by atoms with Crippen molar-refractivity contribution in [3.63, 3.8) is 0 Å². The van der Waals surface area contributed by atoms with Gasteiger partial charge < -0.3 is 0 Å². The quantitative estimate of drug-likeness (QED) is 0.434. The summed E-state index contributed by atoms with van der Waals surface area (Å²) < 4.78 is 0.0748. The Labute approximate surface area is 50.3 Å². The van der Waals surface area contributed by atoms with Crippen molar-refractivity contribution in [2.24, 2.45) is 0 Å². The zero-order valence-electron chi connectivity index (χ0n) is 3.52. The van der Waals surface area contributed by atoms with Gasteiger partial charge in [-0.2, -0.15) is 0 Å². The Hall–Kier alpha value is 0.200. The molecule has 2 heteroatoms. The second-order valence-corrected chi connectivity index (χ2v) is 2.13. The van der Waals surface area contributed by atoms with E-state index in [1.54, 1.807) is 6.92 Å². The van der Waals surface area contributed by atoms with Crippen molar-refractivity contribution in [1.82, 2.24) is 0 Å². The van der Waals surface area contributed by atoms with E-state index in [4.69, 9.17) is 0 Å². The third-order valence-corrected chi connectivity index (χ3v) is 1.34. The van der Waals surface area contributed by atoms with Crippen LogP contribution in [0.1, 0.15) is 6.92 Å². The summed E-state index contributed by atoms with van der Waals surface area (Å²) in [4.78, 5) is 10.0. The summed E-state index contributed by atoms with van der Waals surface area (Å²) in [6, 6.07) is 0. The molecule has 0 rings (SSSR count). The van der Waals surface area contributed by atoms with Gasteiger partial charge in [-0.3, -0.25) is 0 Å². The average molecular weight is 197 g/mol. The van der Waals surface area contributed by atoms with Crippen LogP contribution in [-0.4, -0.2) is 26.1 Å². The van der Waals surface area contributed by atoms with E-state index >= 15 is 0 Å². The summed E-state index contributed by atoms with van der Waals surface area (Å²) in [5.74, 6) is 0. The molecule has 0 saturated carbocycles. The first kappa shape index (κ1) is 6.20. The molecular weight excluding hydrogens is 192 g/mol. The standard InChI is InChI=1S/C4H5OTe/c1-3(2)4(5)6/h1H2,2H3. The van der Waals surface area contributed by atoms with Crippen LogP contribution in [0.5, 0.6) is 0 Å². The number of carbonyl (C=O) groups is 1. The van der Waals surface area contributed by atoms with Gasteiger partial charge in [0.15, 0.2) is 0 Å². The Morgan fingerprint density at radius 3 is 2.00 bits per heavy atom. The molecule has 0 aliphatic heterocycles. The topological polar surface area (TPSA) is 17.1 Å². The van der Waals surface area contributed by atoms with Crippen LogP contribution in [-0.2, 0) is 4.79 Å². The van der Waals surface area contributed by atoms with Crippen LogP contribution in [0.4, 0.5) is 0 Å². The van der Waals surface area contributed by atoms with E-state index < -0.39 is 0 Å². The first-order chi connectivity index (χ1) is 2.64. The number of hydrogen-bond donors (Lipinski definition) is 0. The molecule has 0 aromatic heterocycles. The van der Waals surface area contributed by atoms with Crippen molar-refractivity contribution in [1.29, 1.82) is 0 Å². The van der Waals surface area contributed by atoms with Gasteiger partial charge in [0.25, 0.3) is 0 Å². The molecule has 0 heterocycles. The summed E-state index contributed by atoms with van der Waals surface area (Å²) in [7, 11) is 0. The minimum absolute atomic E-state index is 0.0748. The number of carbonyl (C=O) groups excluding carboxylic acids is 1. The molecule has 6 heavy (non-hydrogen) atoms. The van der Waals surface area contributed by atoms with Crippen LogP contribution in [0.15, 0.2) is 12.2 Å². The Bertz CT molecular complexity index is 73.5. The second kappa shape index (κ2) is 2.39. The van der Waals surface area contributed by atoms with Crippen molar-refractivity contribution < 1.29 is 4.79 Å². The molecule has 0 aromatic rings. The predicted molar refractivity (Wildman–Crippen MR) is 25.6 cm³/mol. The number of hydrogen-bond acceptors (Lipinski definition) is 1. The average Bonchev–Trinajstić information content (AvgIpc) is 1.36. The van der Waals surface area contributed by atoms with E-state index in [0.29, 0.717) is 5.57 Å². The molecule has 0 N–H and O–H groups in total. The molecule has 33 valence electrons. The first-order valence-electron chi connectivity index (χ1n) is 1.51. The number of allylic oxidation sites excluding steroid dienone is 1. The summed E-state index contributed by atoms with van der Waals surface area (Å²) in [5.41, 5.74) is 0.625. The molecule has 0 atom stereocenters.